The van der Waals surface area contributed by atoms with Crippen LogP contribution in [0, 0.1) is 12.8 Å². The number of likely N-dealkylation sites (tertiary alicyclic amines) is 1. The first-order valence-corrected chi connectivity index (χ1v) is 7.77. The summed E-state index contributed by atoms with van der Waals surface area (Å²) in [6, 6.07) is 6.48. The maximum atomic E-state index is 6.34. The van der Waals surface area contributed by atoms with Crippen LogP contribution >= 0.6 is 11.6 Å². The summed E-state index contributed by atoms with van der Waals surface area (Å²) in [5.41, 5.74) is 3.53. The Morgan fingerprint density at radius 2 is 2.25 bits per heavy atom. The summed E-state index contributed by atoms with van der Waals surface area (Å²) in [6.45, 7) is 7.50. The lowest BCUT2D eigenvalue weighted by atomic mass is 10.1. The molecule has 3 rings (SSSR count). The third-order valence-electron chi connectivity index (χ3n) is 4.22. The molecule has 4 heteroatoms. The molecule has 0 N–H and O–H groups in total. The summed E-state index contributed by atoms with van der Waals surface area (Å²) in [5, 5.41) is -0.0539. The van der Waals surface area contributed by atoms with Crippen LogP contribution < -0.4 is 0 Å². The first-order valence-electron chi connectivity index (χ1n) is 7.34. The first-order chi connectivity index (χ1) is 9.54. The number of rotatable bonds is 3. The fourth-order valence-electron chi connectivity index (χ4n) is 3.19. The molecule has 1 saturated heterocycles. The Balaban J connectivity index is 2.00. The van der Waals surface area contributed by atoms with Crippen LogP contribution in [0.4, 0.5) is 0 Å². The van der Waals surface area contributed by atoms with Crippen molar-refractivity contribution in [2.45, 2.75) is 32.2 Å². The molecule has 0 radical (unpaired) electrons. The summed E-state index contributed by atoms with van der Waals surface area (Å²) in [6.07, 6.45) is 1.26. The second kappa shape index (κ2) is 5.38. The van der Waals surface area contributed by atoms with E-state index in [1.54, 1.807) is 0 Å². The van der Waals surface area contributed by atoms with Gasteiger partial charge in [-0.3, -0.25) is 0 Å². The molecule has 1 aromatic heterocycles. The third-order valence-corrected chi connectivity index (χ3v) is 4.41. The molecule has 2 atom stereocenters. The minimum atomic E-state index is -0.0539. The van der Waals surface area contributed by atoms with E-state index in [-0.39, 0.29) is 5.38 Å². The van der Waals surface area contributed by atoms with Gasteiger partial charge in [0.15, 0.2) is 0 Å². The van der Waals surface area contributed by atoms with Gasteiger partial charge in [-0.25, -0.2) is 4.98 Å². The van der Waals surface area contributed by atoms with Gasteiger partial charge < -0.3 is 9.47 Å². The SMILES string of the molecule is Cc1ccc2c(c1)nc(C(C)Cl)n2CC1CCN(C)C1. The molecule has 20 heavy (non-hydrogen) atoms. The van der Waals surface area contributed by atoms with Gasteiger partial charge in [-0.1, -0.05) is 6.07 Å². The Morgan fingerprint density at radius 3 is 2.90 bits per heavy atom. The lowest BCUT2D eigenvalue weighted by Crippen LogP contribution is -2.18. The van der Waals surface area contributed by atoms with E-state index in [2.05, 4.69) is 41.6 Å². The molecule has 1 aromatic carbocycles. The first kappa shape index (κ1) is 13.9. The maximum Gasteiger partial charge on any atom is 0.127 e. The molecule has 3 nitrogen and oxygen atoms in total. The van der Waals surface area contributed by atoms with E-state index in [0.29, 0.717) is 5.92 Å². The minimum absolute atomic E-state index is 0.0539. The van der Waals surface area contributed by atoms with Gasteiger partial charge in [-0.05, 0) is 57.5 Å². The summed E-state index contributed by atoms with van der Waals surface area (Å²) < 4.78 is 2.33. The van der Waals surface area contributed by atoms with Crippen molar-refractivity contribution in [3.05, 3.63) is 29.6 Å². The van der Waals surface area contributed by atoms with Crippen LogP contribution in [0.2, 0.25) is 0 Å². The number of hydrogen-bond donors (Lipinski definition) is 0. The molecule has 0 bridgehead atoms. The molecule has 0 saturated carbocycles. The highest BCUT2D eigenvalue weighted by Crippen LogP contribution is 2.28. The fourth-order valence-corrected chi connectivity index (χ4v) is 3.35. The van der Waals surface area contributed by atoms with Crippen LogP contribution in [0.1, 0.15) is 30.1 Å². The Hall–Kier alpha value is -1.06. The summed E-state index contributed by atoms with van der Waals surface area (Å²) in [4.78, 5) is 7.15. The third kappa shape index (κ3) is 2.57. The highest BCUT2D eigenvalue weighted by atomic mass is 35.5. The normalized spacial score (nSPS) is 21.7. The second-order valence-electron chi connectivity index (χ2n) is 6.11. The molecule has 2 aromatic rings. The Kier molecular flexibility index (Phi) is 3.74. The van der Waals surface area contributed by atoms with Crippen LogP contribution in [-0.4, -0.2) is 34.6 Å². The van der Waals surface area contributed by atoms with Crippen LogP contribution in [-0.2, 0) is 6.54 Å². The van der Waals surface area contributed by atoms with Crippen molar-refractivity contribution in [2.24, 2.45) is 5.92 Å². The summed E-state index contributed by atoms with van der Waals surface area (Å²) in [5.74, 6) is 1.70. The van der Waals surface area contributed by atoms with Crippen LogP contribution in [0.5, 0.6) is 0 Å². The van der Waals surface area contributed by atoms with Gasteiger partial charge in [0, 0.05) is 13.1 Å². The van der Waals surface area contributed by atoms with Crippen LogP contribution in [0.3, 0.4) is 0 Å². The molecule has 0 aliphatic carbocycles. The predicted octanol–water partition coefficient (Wildman–Crippen LogP) is 3.60. The summed E-state index contributed by atoms with van der Waals surface area (Å²) >= 11 is 6.34. The van der Waals surface area contributed by atoms with Crippen molar-refractivity contribution < 1.29 is 0 Å². The Labute approximate surface area is 125 Å². The number of hydrogen-bond acceptors (Lipinski definition) is 2. The number of imidazole rings is 1. The van der Waals surface area contributed by atoms with Crippen molar-refractivity contribution >= 4 is 22.6 Å². The zero-order chi connectivity index (χ0) is 14.3. The van der Waals surface area contributed by atoms with Gasteiger partial charge in [-0.15, -0.1) is 11.6 Å². The minimum Gasteiger partial charge on any atom is -0.326 e. The molecule has 0 spiro atoms. The maximum absolute atomic E-state index is 6.34. The van der Waals surface area contributed by atoms with Gasteiger partial charge in [0.2, 0.25) is 0 Å². The number of alkyl halides is 1. The molecular weight excluding hydrogens is 270 g/mol. The fraction of sp³-hybridized carbons (Fsp3) is 0.562. The number of aromatic nitrogens is 2. The quantitative estimate of drug-likeness (QED) is 0.806. The van der Waals surface area contributed by atoms with Crippen molar-refractivity contribution in [2.75, 3.05) is 20.1 Å². The standard InChI is InChI=1S/C16H22ClN3/c1-11-4-5-15-14(8-11)18-16(12(2)17)20(15)10-13-6-7-19(3)9-13/h4-5,8,12-13H,6-7,9-10H2,1-3H3. The Morgan fingerprint density at radius 1 is 1.45 bits per heavy atom. The van der Waals surface area contributed by atoms with E-state index in [0.717, 1.165) is 17.9 Å². The van der Waals surface area contributed by atoms with Crippen LogP contribution in [0.15, 0.2) is 18.2 Å². The van der Waals surface area contributed by atoms with Gasteiger partial charge in [-0.2, -0.15) is 0 Å². The van der Waals surface area contributed by atoms with Crippen molar-refractivity contribution in [1.82, 2.24) is 14.5 Å². The van der Waals surface area contributed by atoms with Gasteiger partial charge in [0.05, 0.1) is 16.4 Å². The largest absolute Gasteiger partial charge is 0.326 e. The monoisotopic (exact) mass is 291 g/mol. The lowest BCUT2D eigenvalue weighted by Gasteiger charge is -2.15. The van der Waals surface area contributed by atoms with E-state index in [1.807, 2.05) is 6.92 Å². The number of aryl methyl sites for hydroxylation is 1. The van der Waals surface area contributed by atoms with E-state index in [9.17, 15) is 0 Å². The van der Waals surface area contributed by atoms with Gasteiger partial charge in [0.1, 0.15) is 5.82 Å². The number of fused-ring (bicyclic) bond motifs is 1. The van der Waals surface area contributed by atoms with E-state index in [1.165, 1.54) is 30.6 Å². The van der Waals surface area contributed by atoms with E-state index >= 15 is 0 Å². The number of halogens is 1. The van der Waals surface area contributed by atoms with Crippen molar-refractivity contribution in [3.63, 3.8) is 0 Å². The molecule has 2 unspecified atom stereocenters. The highest BCUT2D eigenvalue weighted by molar-refractivity contribution is 6.20. The summed E-state index contributed by atoms with van der Waals surface area (Å²) in [7, 11) is 2.19. The smallest absolute Gasteiger partial charge is 0.127 e. The average molecular weight is 292 g/mol. The molecular formula is C16H22ClN3. The predicted molar refractivity (Wildman–Crippen MR) is 84.3 cm³/mol. The van der Waals surface area contributed by atoms with Crippen molar-refractivity contribution in [1.29, 1.82) is 0 Å². The topological polar surface area (TPSA) is 21.1 Å². The van der Waals surface area contributed by atoms with Gasteiger partial charge in [0.25, 0.3) is 0 Å². The van der Waals surface area contributed by atoms with E-state index in [4.69, 9.17) is 16.6 Å². The zero-order valence-electron chi connectivity index (χ0n) is 12.4. The van der Waals surface area contributed by atoms with E-state index < -0.39 is 0 Å². The molecule has 1 aliphatic heterocycles. The molecule has 0 amide bonds. The van der Waals surface area contributed by atoms with Gasteiger partial charge >= 0.3 is 0 Å². The highest BCUT2D eigenvalue weighted by Gasteiger charge is 2.23. The molecule has 108 valence electrons. The zero-order valence-corrected chi connectivity index (χ0v) is 13.2. The lowest BCUT2D eigenvalue weighted by molar-refractivity contribution is 0.377. The Bertz CT molecular complexity index is 617. The molecule has 2 heterocycles. The average Bonchev–Trinajstić information content (AvgIpc) is 2.94. The second-order valence-corrected chi connectivity index (χ2v) is 6.76. The van der Waals surface area contributed by atoms with Crippen LogP contribution in [0.25, 0.3) is 11.0 Å². The number of nitrogens with zero attached hydrogens (tertiary/aromatic N) is 3. The molecule has 1 fully saturated rings. The van der Waals surface area contributed by atoms with Crippen molar-refractivity contribution in [3.8, 4) is 0 Å². The number of benzene rings is 1. The molecule has 1 aliphatic rings.